The number of nitrogens with zero attached hydrogens (tertiary/aromatic N) is 1. The van der Waals surface area contributed by atoms with Gasteiger partial charge in [-0.3, -0.25) is 9.59 Å². The van der Waals surface area contributed by atoms with Crippen LogP contribution in [0, 0.1) is 0 Å². The molecule has 1 aliphatic rings. The molecule has 0 saturated carbocycles. The Bertz CT molecular complexity index is 806. The molecule has 0 spiro atoms. The number of hydrogen-bond acceptors (Lipinski definition) is 6. The number of primary amides is 1. The molecule has 0 aliphatic carbocycles. The molecule has 1 aliphatic heterocycles. The van der Waals surface area contributed by atoms with Crippen LogP contribution in [0.15, 0.2) is 17.1 Å². The standard InChI is InChI=1S/C16H19N3O4S/c1-15(2)5-8-10(12(17)20)14(24-11(8)16(3,4)23-15)19-13(21)9-6-22-7-18-9/h6-7H,5H2,1-4H3,(H2,17,20)(H,19,21). The molecule has 3 rings (SSSR count). The smallest absolute Gasteiger partial charge is 0.278 e. The first-order chi connectivity index (χ1) is 11.1. The van der Waals surface area contributed by atoms with Crippen molar-refractivity contribution in [2.24, 2.45) is 5.73 Å². The van der Waals surface area contributed by atoms with Crippen molar-refractivity contribution < 1.29 is 18.7 Å². The number of thiophene rings is 1. The maximum atomic E-state index is 12.2. The summed E-state index contributed by atoms with van der Waals surface area (Å²) in [5.74, 6) is -1.03. The van der Waals surface area contributed by atoms with Gasteiger partial charge in [0.05, 0.1) is 16.8 Å². The number of rotatable bonds is 3. The number of aromatic nitrogens is 1. The molecule has 24 heavy (non-hydrogen) atoms. The number of nitrogens with one attached hydrogen (secondary N) is 1. The Kier molecular flexibility index (Phi) is 3.76. The van der Waals surface area contributed by atoms with Crippen molar-refractivity contribution in [3.8, 4) is 0 Å². The van der Waals surface area contributed by atoms with Gasteiger partial charge < -0.3 is 20.2 Å². The fourth-order valence-corrected chi connectivity index (χ4v) is 4.42. The summed E-state index contributed by atoms with van der Waals surface area (Å²) in [6.07, 6.45) is 2.95. The second kappa shape index (κ2) is 5.42. The summed E-state index contributed by atoms with van der Waals surface area (Å²) in [4.78, 5) is 29.0. The van der Waals surface area contributed by atoms with E-state index in [4.69, 9.17) is 14.9 Å². The van der Waals surface area contributed by atoms with Crippen LogP contribution in [0.2, 0.25) is 0 Å². The fourth-order valence-electron chi connectivity index (χ4n) is 3.16. The number of ether oxygens (including phenoxy) is 1. The lowest BCUT2D eigenvalue weighted by Crippen LogP contribution is -2.42. The van der Waals surface area contributed by atoms with Crippen molar-refractivity contribution in [1.29, 1.82) is 0 Å². The zero-order valence-electron chi connectivity index (χ0n) is 13.9. The molecule has 2 aromatic rings. The molecule has 0 atom stereocenters. The van der Waals surface area contributed by atoms with Crippen molar-refractivity contribution in [3.63, 3.8) is 0 Å². The molecule has 8 heteroatoms. The molecule has 128 valence electrons. The zero-order chi connectivity index (χ0) is 17.7. The number of amides is 2. The Balaban J connectivity index is 2.07. The molecule has 0 aromatic carbocycles. The topological polar surface area (TPSA) is 107 Å². The maximum Gasteiger partial charge on any atom is 0.278 e. The SMILES string of the molecule is CC1(C)Cc2c(sc(NC(=O)c3cocn3)c2C(N)=O)C(C)(C)O1. The molecule has 0 fully saturated rings. The molecule has 2 amide bonds. The number of oxazole rings is 1. The minimum absolute atomic E-state index is 0.132. The average molecular weight is 349 g/mol. The number of fused-ring (bicyclic) bond motifs is 1. The van der Waals surface area contributed by atoms with Crippen LogP contribution in [0.3, 0.4) is 0 Å². The van der Waals surface area contributed by atoms with E-state index in [9.17, 15) is 9.59 Å². The zero-order valence-corrected chi connectivity index (χ0v) is 14.7. The second-order valence-corrected chi connectivity index (χ2v) is 7.88. The maximum absolute atomic E-state index is 12.2. The number of carbonyl (C=O) groups excluding carboxylic acids is 2. The molecule has 3 N–H and O–H groups in total. The Labute approximate surface area is 143 Å². The van der Waals surface area contributed by atoms with E-state index in [1.807, 2.05) is 27.7 Å². The molecule has 3 heterocycles. The van der Waals surface area contributed by atoms with Gasteiger partial charge in [0.1, 0.15) is 11.3 Å². The minimum atomic E-state index is -0.581. The monoisotopic (exact) mass is 349 g/mol. The Morgan fingerprint density at radius 2 is 2.04 bits per heavy atom. The normalized spacial score (nSPS) is 18.0. The van der Waals surface area contributed by atoms with Gasteiger partial charge in [-0.2, -0.15) is 0 Å². The highest BCUT2D eigenvalue weighted by Crippen LogP contribution is 2.48. The first-order valence-corrected chi connectivity index (χ1v) is 8.28. The molecule has 7 nitrogen and oxygen atoms in total. The number of nitrogens with two attached hydrogens (primary N) is 1. The Hall–Kier alpha value is -2.19. The van der Waals surface area contributed by atoms with Gasteiger partial charge in [0.15, 0.2) is 12.1 Å². The molecule has 2 aromatic heterocycles. The van der Waals surface area contributed by atoms with E-state index < -0.39 is 23.0 Å². The van der Waals surface area contributed by atoms with Crippen LogP contribution in [-0.4, -0.2) is 22.4 Å². The van der Waals surface area contributed by atoms with Crippen LogP contribution in [0.5, 0.6) is 0 Å². The molecule has 0 saturated heterocycles. The fraction of sp³-hybridized carbons (Fsp3) is 0.438. The van der Waals surface area contributed by atoms with Gasteiger partial charge in [-0.1, -0.05) is 0 Å². The third-order valence-corrected chi connectivity index (χ3v) is 5.28. The Morgan fingerprint density at radius 3 is 2.62 bits per heavy atom. The van der Waals surface area contributed by atoms with Crippen LogP contribution >= 0.6 is 11.3 Å². The Morgan fingerprint density at radius 1 is 1.33 bits per heavy atom. The molecule has 0 unspecified atom stereocenters. The summed E-state index contributed by atoms with van der Waals surface area (Å²) in [7, 11) is 0. The summed E-state index contributed by atoms with van der Waals surface area (Å²) in [5, 5.41) is 3.13. The van der Waals surface area contributed by atoms with E-state index in [2.05, 4.69) is 10.3 Å². The van der Waals surface area contributed by atoms with Crippen LogP contribution in [-0.2, 0) is 16.8 Å². The van der Waals surface area contributed by atoms with Gasteiger partial charge in [0, 0.05) is 11.3 Å². The quantitative estimate of drug-likeness (QED) is 0.886. The first kappa shape index (κ1) is 16.7. The van der Waals surface area contributed by atoms with E-state index in [0.717, 1.165) is 10.4 Å². The van der Waals surface area contributed by atoms with Gasteiger partial charge in [-0.15, -0.1) is 11.3 Å². The van der Waals surface area contributed by atoms with Gasteiger partial charge in [0.2, 0.25) is 0 Å². The lowest BCUT2D eigenvalue weighted by atomic mass is 9.86. The van der Waals surface area contributed by atoms with Crippen molar-refractivity contribution >= 4 is 28.2 Å². The van der Waals surface area contributed by atoms with E-state index in [0.29, 0.717) is 17.0 Å². The first-order valence-electron chi connectivity index (χ1n) is 7.46. The summed E-state index contributed by atoms with van der Waals surface area (Å²) < 4.78 is 10.9. The van der Waals surface area contributed by atoms with E-state index in [1.54, 1.807) is 0 Å². The largest absolute Gasteiger partial charge is 0.451 e. The van der Waals surface area contributed by atoms with Gasteiger partial charge in [0.25, 0.3) is 11.8 Å². The van der Waals surface area contributed by atoms with Crippen molar-refractivity contribution in [3.05, 3.63) is 34.4 Å². The van der Waals surface area contributed by atoms with Crippen molar-refractivity contribution in [1.82, 2.24) is 4.98 Å². The highest BCUT2D eigenvalue weighted by atomic mass is 32.1. The summed E-state index contributed by atoms with van der Waals surface area (Å²) in [6, 6.07) is 0. The lowest BCUT2D eigenvalue weighted by Gasteiger charge is -2.41. The minimum Gasteiger partial charge on any atom is -0.451 e. The number of anilines is 1. The van der Waals surface area contributed by atoms with E-state index in [-0.39, 0.29) is 5.69 Å². The predicted molar refractivity (Wildman–Crippen MR) is 89.2 cm³/mol. The van der Waals surface area contributed by atoms with Crippen LogP contribution in [0.1, 0.15) is 59.0 Å². The average Bonchev–Trinajstić information content (AvgIpc) is 3.03. The molecule has 0 bridgehead atoms. The third kappa shape index (κ3) is 2.83. The van der Waals surface area contributed by atoms with E-state index >= 15 is 0 Å². The molecule has 0 radical (unpaired) electrons. The van der Waals surface area contributed by atoms with Gasteiger partial charge >= 0.3 is 0 Å². The van der Waals surface area contributed by atoms with Gasteiger partial charge in [-0.05, 0) is 33.3 Å². The summed E-state index contributed by atoms with van der Waals surface area (Å²) in [6.45, 7) is 7.82. The predicted octanol–water partition coefficient (Wildman–Crippen LogP) is 2.67. The number of carbonyl (C=O) groups is 2. The van der Waals surface area contributed by atoms with Crippen molar-refractivity contribution in [2.45, 2.75) is 45.3 Å². The molecular formula is C16H19N3O4S. The van der Waals surface area contributed by atoms with E-state index in [1.165, 1.54) is 24.0 Å². The second-order valence-electron chi connectivity index (χ2n) is 6.85. The number of hydrogen-bond donors (Lipinski definition) is 2. The lowest BCUT2D eigenvalue weighted by molar-refractivity contribution is -0.135. The van der Waals surface area contributed by atoms with Crippen LogP contribution in [0.4, 0.5) is 5.00 Å². The van der Waals surface area contributed by atoms with Gasteiger partial charge in [-0.25, -0.2) is 4.98 Å². The van der Waals surface area contributed by atoms with Crippen LogP contribution in [0.25, 0.3) is 0 Å². The summed E-state index contributed by atoms with van der Waals surface area (Å²) >= 11 is 1.31. The highest BCUT2D eigenvalue weighted by molar-refractivity contribution is 7.17. The molecular weight excluding hydrogens is 330 g/mol. The third-order valence-electron chi connectivity index (χ3n) is 3.83. The van der Waals surface area contributed by atoms with Crippen LogP contribution < -0.4 is 11.1 Å². The highest BCUT2D eigenvalue weighted by Gasteiger charge is 2.42. The van der Waals surface area contributed by atoms with Crippen molar-refractivity contribution in [2.75, 3.05) is 5.32 Å². The summed E-state index contributed by atoms with van der Waals surface area (Å²) in [5.41, 5.74) is 5.89.